The summed E-state index contributed by atoms with van der Waals surface area (Å²) in [5.41, 5.74) is 1.02. The molecule has 0 saturated heterocycles. The number of halogens is 5. The van der Waals surface area contributed by atoms with E-state index in [0.29, 0.717) is 20.8 Å². The molecule has 4 rings (SSSR count). The largest absolute Gasteiger partial charge is 0.461 e. The Labute approximate surface area is 233 Å². The molecule has 0 aliphatic heterocycles. The summed E-state index contributed by atoms with van der Waals surface area (Å²) in [7, 11) is 0. The Kier molecular flexibility index (Phi) is 8.82. The lowest BCUT2D eigenvalue weighted by Gasteiger charge is -2.35. The van der Waals surface area contributed by atoms with Gasteiger partial charge >= 0.3 is 18.6 Å². The van der Waals surface area contributed by atoms with Crippen LogP contribution in [-0.4, -0.2) is 28.5 Å². The number of rotatable bonds is 10. The van der Waals surface area contributed by atoms with Crippen LogP contribution in [-0.2, 0) is 16.4 Å². The van der Waals surface area contributed by atoms with E-state index < -0.39 is 29.9 Å². The van der Waals surface area contributed by atoms with Gasteiger partial charge in [0, 0.05) is 28.6 Å². The van der Waals surface area contributed by atoms with Crippen molar-refractivity contribution in [2.24, 2.45) is 0 Å². The predicted molar refractivity (Wildman–Crippen MR) is 145 cm³/mol. The number of aromatic nitrogens is 2. The fraction of sp³-hybridized carbons (Fsp3) is 0.192. The lowest BCUT2D eigenvalue weighted by Crippen LogP contribution is -2.50. The van der Waals surface area contributed by atoms with Crippen LogP contribution in [0, 0.1) is 0 Å². The van der Waals surface area contributed by atoms with E-state index in [-0.39, 0.29) is 6.42 Å². The SMILES string of the molecule is O=C(Nc1nccs1)N[C@@](Cc1ccccc1)(c1cccc(OC(F)(F)C(F)F)c1)c1ccc(CI)cn1. The second-order valence-corrected chi connectivity index (χ2v) is 9.82. The fourth-order valence-corrected chi connectivity index (χ4v) is 4.79. The highest BCUT2D eigenvalue weighted by molar-refractivity contribution is 14.1. The molecule has 0 aliphatic carbocycles. The molecule has 0 bridgehead atoms. The molecule has 198 valence electrons. The maximum absolute atomic E-state index is 13.8. The summed E-state index contributed by atoms with van der Waals surface area (Å²) in [5, 5.41) is 7.67. The van der Waals surface area contributed by atoms with Crippen LogP contribution in [0.4, 0.5) is 27.5 Å². The number of carbonyl (C=O) groups is 1. The number of thiazole rings is 1. The van der Waals surface area contributed by atoms with E-state index in [1.54, 1.807) is 23.7 Å². The molecule has 2 heterocycles. The van der Waals surface area contributed by atoms with Gasteiger partial charge in [-0.25, -0.2) is 9.78 Å². The molecule has 2 aromatic carbocycles. The van der Waals surface area contributed by atoms with Gasteiger partial charge in [0.15, 0.2) is 5.13 Å². The molecular weight excluding hydrogens is 635 g/mol. The van der Waals surface area contributed by atoms with Crippen LogP contribution < -0.4 is 15.4 Å². The topological polar surface area (TPSA) is 76.1 Å². The molecule has 2 aromatic heterocycles. The van der Waals surface area contributed by atoms with Crippen LogP contribution in [0.1, 0.15) is 22.4 Å². The molecule has 0 fully saturated rings. The van der Waals surface area contributed by atoms with E-state index in [0.717, 1.165) is 17.2 Å². The zero-order chi connectivity index (χ0) is 27.2. The van der Waals surface area contributed by atoms with Gasteiger partial charge < -0.3 is 10.1 Å². The second kappa shape index (κ2) is 12.1. The monoisotopic (exact) mass is 656 g/mol. The quantitative estimate of drug-likeness (QED) is 0.109. The molecule has 0 saturated carbocycles. The molecule has 12 heteroatoms. The summed E-state index contributed by atoms with van der Waals surface area (Å²) in [6, 6.07) is 17.5. The molecule has 6 nitrogen and oxygen atoms in total. The van der Waals surface area contributed by atoms with Gasteiger partial charge in [-0.1, -0.05) is 71.1 Å². The Hall–Kier alpha value is -3.26. The van der Waals surface area contributed by atoms with Crippen LogP contribution in [0.25, 0.3) is 0 Å². The van der Waals surface area contributed by atoms with Crippen molar-refractivity contribution in [1.29, 1.82) is 0 Å². The highest BCUT2D eigenvalue weighted by Crippen LogP contribution is 2.36. The van der Waals surface area contributed by atoms with Crippen LogP contribution in [0.15, 0.2) is 84.5 Å². The molecule has 0 unspecified atom stereocenters. The minimum absolute atomic E-state index is 0.157. The number of nitrogens with zero attached hydrogens (tertiary/aromatic N) is 2. The third-order valence-corrected chi connectivity index (χ3v) is 7.11. The standard InChI is InChI=1S/C26H21F4IN4O2S/c27-22(28)26(29,30)37-20-8-4-7-19(13-20)25(14-17-5-2-1-3-6-17,21-10-9-18(15-31)16-33-21)35-23(36)34-24-32-11-12-38-24/h1-13,16,22H,14-15H2,(H2,32,34,35,36)/t25-/m0/s1. The van der Waals surface area contributed by atoms with E-state index in [1.165, 1.54) is 29.7 Å². The summed E-state index contributed by atoms with van der Waals surface area (Å²) in [6.45, 7) is 0. The van der Waals surface area contributed by atoms with Gasteiger partial charge in [0.2, 0.25) is 0 Å². The predicted octanol–water partition coefficient (Wildman–Crippen LogP) is 7.02. The lowest BCUT2D eigenvalue weighted by atomic mass is 9.80. The van der Waals surface area contributed by atoms with Crippen molar-refractivity contribution in [2.75, 3.05) is 5.32 Å². The zero-order valence-electron chi connectivity index (χ0n) is 19.6. The number of nitrogens with one attached hydrogen (secondary N) is 2. The molecule has 0 aliphatic rings. The van der Waals surface area contributed by atoms with E-state index in [1.807, 2.05) is 36.4 Å². The number of hydrogen-bond acceptors (Lipinski definition) is 5. The van der Waals surface area contributed by atoms with Gasteiger partial charge in [-0.2, -0.15) is 17.6 Å². The Balaban J connectivity index is 1.85. The van der Waals surface area contributed by atoms with Crippen LogP contribution in [0.5, 0.6) is 5.75 Å². The molecule has 0 radical (unpaired) electrons. The first kappa shape index (κ1) is 27.8. The second-order valence-electron chi connectivity index (χ2n) is 8.16. The molecular formula is C26H21F4IN4O2S. The molecule has 4 aromatic rings. The molecule has 1 atom stereocenters. The van der Waals surface area contributed by atoms with Crippen molar-refractivity contribution in [2.45, 2.75) is 28.9 Å². The number of pyridine rings is 1. The maximum Gasteiger partial charge on any atom is 0.461 e. The smallest absolute Gasteiger partial charge is 0.428 e. The van der Waals surface area contributed by atoms with Gasteiger partial charge in [0.1, 0.15) is 11.3 Å². The summed E-state index contributed by atoms with van der Waals surface area (Å²) in [6.07, 6.45) is -5.37. The van der Waals surface area contributed by atoms with Crippen LogP contribution in [0.3, 0.4) is 0 Å². The molecule has 2 amide bonds. The summed E-state index contributed by atoms with van der Waals surface area (Å²) >= 11 is 3.41. The average Bonchev–Trinajstić information content (AvgIpc) is 3.41. The number of urea groups is 1. The Morgan fingerprint density at radius 2 is 1.82 bits per heavy atom. The Morgan fingerprint density at radius 1 is 1.03 bits per heavy atom. The molecule has 38 heavy (non-hydrogen) atoms. The lowest BCUT2D eigenvalue weighted by molar-refractivity contribution is -0.253. The van der Waals surface area contributed by atoms with Crippen molar-refractivity contribution in [3.8, 4) is 5.75 Å². The number of benzene rings is 2. The average molecular weight is 656 g/mol. The van der Waals surface area contributed by atoms with Crippen molar-refractivity contribution < 1.29 is 27.1 Å². The fourth-order valence-electron chi connectivity index (χ4n) is 3.81. The van der Waals surface area contributed by atoms with E-state index in [2.05, 4.69) is 47.9 Å². The molecule has 0 spiro atoms. The first-order chi connectivity index (χ1) is 18.2. The van der Waals surface area contributed by atoms with Crippen molar-refractivity contribution in [3.63, 3.8) is 0 Å². The van der Waals surface area contributed by atoms with Crippen molar-refractivity contribution in [1.82, 2.24) is 15.3 Å². The van der Waals surface area contributed by atoms with Gasteiger partial charge in [0.25, 0.3) is 0 Å². The molecule has 2 N–H and O–H groups in total. The van der Waals surface area contributed by atoms with Gasteiger partial charge in [-0.15, -0.1) is 11.3 Å². The van der Waals surface area contributed by atoms with Crippen molar-refractivity contribution >= 4 is 45.1 Å². The Bertz CT molecular complexity index is 1350. The number of ether oxygens (including phenoxy) is 1. The van der Waals surface area contributed by atoms with Crippen molar-refractivity contribution in [3.05, 3.63) is 107 Å². The summed E-state index contributed by atoms with van der Waals surface area (Å²) < 4.78 is 58.3. The number of alkyl halides is 5. The van der Waals surface area contributed by atoms with E-state index in [9.17, 15) is 22.4 Å². The third-order valence-electron chi connectivity index (χ3n) is 5.54. The van der Waals surface area contributed by atoms with E-state index in [4.69, 9.17) is 0 Å². The number of anilines is 1. The normalized spacial score (nSPS) is 13.1. The first-order valence-electron chi connectivity index (χ1n) is 11.2. The minimum atomic E-state index is -4.70. The van der Waals surface area contributed by atoms with Gasteiger partial charge in [0.05, 0.1) is 5.69 Å². The number of carbonyl (C=O) groups excluding carboxylic acids is 1. The highest BCUT2D eigenvalue weighted by Gasteiger charge is 2.44. The highest BCUT2D eigenvalue weighted by atomic mass is 127. The number of amides is 2. The number of hydrogen-bond donors (Lipinski definition) is 2. The van der Waals surface area contributed by atoms with Crippen LogP contribution in [0.2, 0.25) is 0 Å². The van der Waals surface area contributed by atoms with E-state index >= 15 is 0 Å². The summed E-state index contributed by atoms with van der Waals surface area (Å²) in [5.74, 6) is -0.490. The van der Waals surface area contributed by atoms with Crippen LogP contribution >= 0.6 is 33.9 Å². The third kappa shape index (κ3) is 6.59. The first-order valence-corrected chi connectivity index (χ1v) is 13.6. The van der Waals surface area contributed by atoms with Gasteiger partial charge in [-0.3, -0.25) is 10.3 Å². The minimum Gasteiger partial charge on any atom is -0.428 e. The van der Waals surface area contributed by atoms with Gasteiger partial charge in [-0.05, 0) is 34.9 Å². The maximum atomic E-state index is 13.8. The summed E-state index contributed by atoms with van der Waals surface area (Å²) in [4.78, 5) is 21.9. The Morgan fingerprint density at radius 3 is 2.45 bits per heavy atom. The zero-order valence-corrected chi connectivity index (χ0v) is 22.6.